The molecule has 11 heteroatoms. The number of nitrogens with one attached hydrogen (secondary N) is 2. The zero-order valence-corrected chi connectivity index (χ0v) is 21.4. The number of alkyl halides is 3. The van der Waals surface area contributed by atoms with Crippen molar-refractivity contribution < 1.29 is 37.0 Å². The number of nitrogens with zero attached hydrogens (tertiary/aromatic N) is 1. The molecule has 0 aliphatic heterocycles. The van der Waals surface area contributed by atoms with E-state index in [1.165, 1.54) is 43.7 Å². The van der Waals surface area contributed by atoms with Crippen molar-refractivity contribution in [3.8, 4) is 11.5 Å². The molecule has 0 aliphatic rings. The Hall–Kier alpha value is -5.45. The van der Waals surface area contributed by atoms with Crippen LogP contribution in [0, 0.1) is 0 Å². The number of amides is 2. The maximum atomic E-state index is 13.0. The van der Waals surface area contributed by atoms with Gasteiger partial charge in [0.05, 0.1) is 24.5 Å². The number of benzene rings is 4. The molecule has 0 saturated heterocycles. The molecule has 0 fully saturated rings. The molecule has 208 valence electrons. The van der Waals surface area contributed by atoms with E-state index in [0.29, 0.717) is 16.9 Å². The average Bonchev–Trinajstić information content (AvgIpc) is 2.97. The number of hydrogen-bond acceptors (Lipinski definition) is 6. The summed E-state index contributed by atoms with van der Waals surface area (Å²) >= 11 is 0. The summed E-state index contributed by atoms with van der Waals surface area (Å²) in [6, 6.07) is 22.8. The zero-order chi connectivity index (χ0) is 29.4. The first kappa shape index (κ1) is 28.6. The molecular weight excluding hydrogens is 539 g/mol. The number of anilines is 1. The highest BCUT2D eigenvalue weighted by molar-refractivity contribution is 6.05. The van der Waals surface area contributed by atoms with Crippen LogP contribution in [0.25, 0.3) is 0 Å². The van der Waals surface area contributed by atoms with Crippen molar-refractivity contribution in [1.82, 2.24) is 5.43 Å². The van der Waals surface area contributed by atoms with Gasteiger partial charge in [-0.3, -0.25) is 9.59 Å². The highest BCUT2D eigenvalue weighted by Crippen LogP contribution is 2.29. The highest BCUT2D eigenvalue weighted by atomic mass is 19.4. The summed E-state index contributed by atoms with van der Waals surface area (Å²) in [4.78, 5) is 37.7. The molecular formula is C30H22F3N3O5. The van der Waals surface area contributed by atoms with Crippen LogP contribution in [0.15, 0.2) is 102 Å². The summed E-state index contributed by atoms with van der Waals surface area (Å²) < 4.78 is 49.5. The molecule has 0 atom stereocenters. The van der Waals surface area contributed by atoms with Gasteiger partial charge < -0.3 is 14.8 Å². The summed E-state index contributed by atoms with van der Waals surface area (Å²) in [6.07, 6.45) is -3.29. The molecule has 2 amide bonds. The number of carbonyl (C=O) groups is 3. The topological polar surface area (TPSA) is 106 Å². The summed E-state index contributed by atoms with van der Waals surface area (Å²) in [5.41, 5.74) is 2.25. The minimum Gasteiger partial charge on any atom is -0.497 e. The van der Waals surface area contributed by atoms with Gasteiger partial charge in [-0.15, -0.1) is 0 Å². The summed E-state index contributed by atoms with van der Waals surface area (Å²) in [5.74, 6) is -1.18. The molecule has 0 saturated carbocycles. The lowest BCUT2D eigenvalue weighted by Crippen LogP contribution is -2.18. The van der Waals surface area contributed by atoms with E-state index in [-0.39, 0.29) is 22.6 Å². The molecule has 0 bridgehead atoms. The minimum atomic E-state index is -4.59. The molecule has 0 aromatic heterocycles. The standard InChI is InChI=1S/C30H22F3N3O5/c1-40-25-14-12-19(13-15-25)29(39)41-26-11-3-2-6-22(26)18-34-36-28(38)21-8-5-10-24(17-21)35-27(37)20-7-4-9-23(16-20)30(31,32)33/h2-18H,1H3,(H,35,37)(H,36,38). The Kier molecular flexibility index (Phi) is 8.78. The van der Waals surface area contributed by atoms with Crippen molar-refractivity contribution in [3.63, 3.8) is 0 Å². The Morgan fingerprint density at radius 3 is 2.17 bits per heavy atom. The first-order valence-electron chi connectivity index (χ1n) is 12.0. The molecule has 2 N–H and O–H groups in total. The Balaban J connectivity index is 1.39. The second-order valence-corrected chi connectivity index (χ2v) is 8.47. The zero-order valence-electron chi connectivity index (χ0n) is 21.4. The van der Waals surface area contributed by atoms with Crippen molar-refractivity contribution in [3.05, 3.63) is 125 Å². The third-order valence-corrected chi connectivity index (χ3v) is 5.65. The van der Waals surface area contributed by atoms with Crippen LogP contribution in [0.2, 0.25) is 0 Å². The number of methoxy groups -OCH3 is 1. The molecule has 41 heavy (non-hydrogen) atoms. The summed E-state index contributed by atoms with van der Waals surface area (Å²) in [6.45, 7) is 0. The molecule has 8 nitrogen and oxygen atoms in total. The van der Waals surface area contributed by atoms with Crippen LogP contribution in [-0.4, -0.2) is 31.1 Å². The van der Waals surface area contributed by atoms with Crippen LogP contribution in [-0.2, 0) is 6.18 Å². The predicted molar refractivity (Wildman–Crippen MR) is 145 cm³/mol. The van der Waals surface area contributed by atoms with Gasteiger partial charge in [0.15, 0.2) is 0 Å². The maximum absolute atomic E-state index is 13.0. The Morgan fingerprint density at radius 1 is 0.780 bits per heavy atom. The average molecular weight is 562 g/mol. The fraction of sp³-hybridized carbons (Fsp3) is 0.0667. The Bertz CT molecular complexity index is 1600. The summed E-state index contributed by atoms with van der Waals surface area (Å²) in [5, 5.41) is 6.41. The molecule has 0 aliphatic carbocycles. The van der Waals surface area contributed by atoms with Crippen LogP contribution in [0.3, 0.4) is 0 Å². The van der Waals surface area contributed by atoms with Gasteiger partial charge in [-0.25, -0.2) is 10.2 Å². The molecule has 4 aromatic carbocycles. The van der Waals surface area contributed by atoms with Crippen LogP contribution < -0.4 is 20.2 Å². The SMILES string of the molecule is COc1ccc(C(=O)Oc2ccccc2C=NNC(=O)c2cccc(NC(=O)c3cccc(C(F)(F)F)c3)c2)cc1. The first-order chi connectivity index (χ1) is 19.6. The molecule has 0 radical (unpaired) electrons. The van der Waals surface area contributed by atoms with Crippen molar-refractivity contribution in [2.45, 2.75) is 6.18 Å². The van der Waals surface area contributed by atoms with Crippen molar-refractivity contribution in [2.75, 3.05) is 12.4 Å². The monoisotopic (exact) mass is 561 g/mol. The normalized spacial score (nSPS) is 11.1. The number of para-hydroxylation sites is 1. The fourth-order valence-electron chi connectivity index (χ4n) is 3.57. The maximum Gasteiger partial charge on any atom is 0.416 e. The van der Waals surface area contributed by atoms with Gasteiger partial charge in [0.2, 0.25) is 0 Å². The molecule has 0 unspecified atom stereocenters. The summed E-state index contributed by atoms with van der Waals surface area (Å²) in [7, 11) is 1.51. The lowest BCUT2D eigenvalue weighted by atomic mass is 10.1. The second-order valence-electron chi connectivity index (χ2n) is 8.47. The van der Waals surface area contributed by atoms with E-state index in [1.807, 2.05) is 0 Å². The van der Waals surface area contributed by atoms with E-state index < -0.39 is 29.5 Å². The van der Waals surface area contributed by atoms with Gasteiger partial charge in [0.1, 0.15) is 11.5 Å². The number of hydrazone groups is 1. The number of carbonyl (C=O) groups excluding carboxylic acids is 3. The van der Waals surface area contributed by atoms with E-state index in [9.17, 15) is 27.6 Å². The van der Waals surface area contributed by atoms with E-state index in [4.69, 9.17) is 9.47 Å². The van der Waals surface area contributed by atoms with E-state index >= 15 is 0 Å². The lowest BCUT2D eigenvalue weighted by molar-refractivity contribution is -0.137. The van der Waals surface area contributed by atoms with Crippen molar-refractivity contribution in [2.24, 2.45) is 5.10 Å². The molecule has 4 aromatic rings. The third kappa shape index (κ3) is 7.57. The van der Waals surface area contributed by atoms with Crippen LogP contribution in [0.4, 0.5) is 18.9 Å². The Labute approximate surface area is 232 Å². The van der Waals surface area contributed by atoms with Crippen molar-refractivity contribution in [1.29, 1.82) is 0 Å². The second kappa shape index (κ2) is 12.6. The van der Waals surface area contributed by atoms with Gasteiger partial charge in [0, 0.05) is 22.4 Å². The Morgan fingerprint density at radius 2 is 1.46 bits per heavy atom. The third-order valence-electron chi connectivity index (χ3n) is 5.65. The predicted octanol–water partition coefficient (Wildman–Crippen LogP) is 5.95. The quantitative estimate of drug-likeness (QED) is 0.120. The van der Waals surface area contributed by atoms with Gasteiger partial charge in [-0.05, 0) is 72.8 Å². The first-order valence-corrected chi connectivity index (χ1v) is 12.0. The lowest BCUT2D eigenvalue weighted by Gasteiger charge is -2.10. The number of hydrogen-bond donors (Lipinski definition) is 2. The number of ether oxygens (including phenoxy) is 2. The van der Waals surface area contributed by atoms with Crippen LogP contribution in [0.1, 0.15) is 42.2 Å². The van der Waals surface area contributed by atoms with Gasteiger partial charge in [-0.2, -0.15) is 18.3 Å². The van der Waals surface area contributed by atoms with Gasteiger partial charge in [-0.1, -0.05) is 24.3 Å². The van der Waals surface area contributed by atoms with E-state index in [1.54, 1.807) is 48.5 Å². The van der Waals surface area contributed by atoms with E-state index in [0.717, 1.165) is 18.2 Å². The van der Waals surface area contributed by atoms with Crippen LogP contribution >= 0.6 is 0 Å². The number of halogens is 3. The van der Waals surface area contributed by atoms with Crippen molar-refractivity contribution >= 4 is 29.7 Å². The molecule has 0 heterocycles. The highest BCUT2D eigenvalue weighted by Gasteiger charge is 2.30. The van der Waals surface area contributed by atoms with Gasteiger partial charge in [0.25, 0.3) is 11.8 Å². The fourth-order valence-corrected chi connectivity index (χ4v) is 3.57. The van der Waals surface area contributed by atoms with E-state index in [2.05, 4.69) is 15.8 Å². The number of esters is 1. The van der Waals surface area contributed by atoms with Crippen LogP contribution in [0.5, 0.6) is 11.5 Å². The smallest absolute Gasteiger partial charge is 0.416 e. The largest absolute Gasteiger partial charge is 0.497 e. The minimum absolute atomic E-state index is 0.128. The molecule has 0 spiro atoms. The van der Waals surface area contributed by atoms with Gasteiger partial charge >= 0.3 is 12.1 Å². The molecule has 4 rings (SSSR count). The number of rotatable bonds is 8.